The summed E-state index contributed by atoms with van der Waals surface area (Å²) >= 11 is 0. The number of hydrogen-bond donors (Lipinski definition) is 2. The van der Waals surface area contributed by atoms with E-state index in [-0.39, 0.29) is 17.7 Å². The van der Waals surface area contributed by atoms with E-state index in [0.717, 1.165) is 0 Å². The van der Waals surface area contributed by atoms with Crippen LogP contribution >= 0.6 is 0 Å². The Balaban J connectivity index is 1.47. The van der Waals surface area contributed by atoms with Gasteiger partial charge in [0.05, 0.1) is 0 Å². The molecule has 0 saturated heterocycles. The van der Waals surface area contributed by atoms with Gasteiger partial charge >= 0.3 is 0 Å². The van der Waals surface area contributed by atoms with Crippen molar-refractivity contribution in [3.63, 3.8) is 0 Å². The van der Waals surface area contributed by atoms with Gasteiger partial charge in [-0.25, -0.2) is 8.78 Å². The highest BCUT2D eigenvalue weighted by Crippen LogP contribution is 2.20. The summed E-state index contributed by atoms with van der Waals surface area (Å²) in [5, 5.41) is 16.4. The van der Waals surface area contributed by atoms with Crippen LogP contribution in [0.15, 0.2) is 66.7 Å². The van der Waals surface area contributed by atoms with E-state index in [1.807, 2.05) is 0 Å². The molecule has 150 valence electrons. The van der Waals surface area contributed by atoms with Crippen LogP contribution in [-0.2, 0) is 6.61 Å². The number of aromatic nitrogens is 4. The monoisotopic (exact) mass is 407 g/mol. The number of nitrogens with one attached hydrogen (secondary N) is 2. The number of anilines is 1. The van der Waals surface area contributed by atoms with Crippen molar-refractivity contribution in [1.29, 1.82) is 0 Å². The molecule has 0 aliphatic heterocycles. The van der Waals surface area contributed by atoms with E-state index in [1.165, 1.54) is 42.5 Å². The van der Waals surface area contributed by atoms with Crippen molar-refractivity contribution in [3.8, 4) is 17.1 Å². The van der Waals surface area contributed by atoms with Crippen LogP contribution < -0.4 is 10.1 Å². The largest absolute Gasteiger partial charge is 0.489 e. The number of tetrazole rings is 1. The molecule has 2 N–H and O–H groups in total. The van der Waals surface area contributed by atoms with Crippen LogP contribution in [0.3, 0.4) is 0 Å². The van der Waals surface area contributed by atoms with Crippen LogP contribution in [0, 0.1) is 11.6 Å². The van der Waals surface area contributed by atoms with E-state index in [9.17, 15) is 13.6 Å². The van der Waals surface area contributed by atoms with Gasteiger partial charge in [0, 0.05) is 22.4 Å². The third kappa shape index (κ3) is 4.46. The van der Waals surface area contributed by atoms with E-state index < -0.39 is 17.5 Å². The van der Waals surface area contributed by atoms with Crippen LogP contribution in [0.2, 0.25) is 0 Å². The molecule has 0 aliphatic carbocycles. The highest BCUT2D eigenvalue weighted by molar-refractivity contribution is 6.04. The lowest BCUT2D eigenvalue weighted by Gasteiger charge is -2.10. The summed E-state index contributed by atoms with van der Waals surface area (Å²) in [5.74, 6) is -0.524. The average molecular weight is 407 g/mol. The number of nitrogens with zero attached hydrogens (tertiary/aromatic N) is 3. The average Bonchev–Trinajstić information content (AvgIpc) is 3.29. The zero-order valence-corrected chi connectivity index (χ0v) is 15.5. The lowest BCUT2D eigenvalue weighted by atomic mass is 10.1. The first-order valence-electron chi connectivity index (χ1n) is 8.90. The Bertz CT molecular complexity index is 1160. The molecule has 0 aliphatic rings. The molecule has 0 fully saturated rings. The fourth-order valence-electron chi connectivity index (χ4n) is 2.74. The molecule has 4 rings (SSSR count). The summed E-state index contributed by atoms with van der Waals surface area (Å²) in [5.41, 5.74) is 1.66. The van der Waals surface area contributed by atoms with Crippen molar-refractivity contribution in [3.05, 3.63) is 89.5 Å². The number of carbonyl (C=O) groups excluding carboxylic acids is 1. The Morgan fingerprint density at radius 3 is 2.63 bits per heavy atom. The van der Waals surface area contributed by atoms with Gasteiger partial charge in [0.2, 0.25) is 5.82 Å². The van der Waals surface area contributed by atoms with Crippen molar-refractivity contribution in [2.75, 3.05) is 5.32 Å². The second-order valence-corrected chi connectivity index (χ2v) is 6.32. The van der Waals surface area contributed by atoms with Crippen molar-refractivity contribution in [2.24, 2.45) is 0 Å². The molecule has 0 radical (unpaired) electrons. The standard InChI is InChI=1S/C21H15F2N5O2/c22-16-5-7-18(8-6-16)30-12-15-10-14(4-9-19(15)23)21(29)24-17-3-1-2-13(11-17)20-25-27-28-26-20/h1-11H,12H2,(H,24,29)(H,25,26,27,28). The summed E-state index contributed by atoms with van der Waals surface area (Å²) in [7, 11) is 0. The van der Waals surface area contributed by atoms with E-state index in [4.69, 9.17) is 4.74 Å². The number of hydrogen-bond acceptors (Lipinski definition) is 5. The third-order valence-corrected chi connectivity index (χ3v) is 4.24. The molecular formula is C21H15F2N5O2. The number of rotatable bonds is 6. The Hall–Kier alpha value is -4.14. The molecule has 1 aromatic heterocycles. The highest BCUT2D eigenvalue weighted by Gasteiger charge is 2.12. The van der Waals surface area contributed by atoms with Crippen molar-refractivity contribution < 1.29 is 18.3 Å². The second-order valence-electron chi connectivity index (χ2n) is 6.32. The maximum atomic E-state index is 14.1. The van der Waals surface area contributed by atoms with Gasteiger partial charge in [0.1, 0.15) is 24.0 Å². The first kappa shape index (κ1) is 19.2. The summed E-state index contributed by atoms with van der Waals surface area (Å²) in [6.45, 7) is -0.105. The lowest BCUT2D eigenvalue weighted by Crippen LogP contribution is -2.13. The topological polar surface area (TPSA) is 92.8 Å². The zero-order valence-electron chi connectivity index (χ0n) is 15.5. The van der Waals surface area contributed by atoms with Gasteiger partial charge in [0.25, 0.3) is 5.91 Å². The zero-order chi connectivity index (χ0) is 20.9. The molecule has 0 spiro atoms. The van der Waals surface area contributed by atoms with Gasteiger partial charge in [-0.3, -0.25) is 4.79 Å². The molecule has 30 heavy (non-hydrogen) atoms. The Labute approximate surface area is 169 Å². The number of carbonyl (C=O) groups is 1. The fourth-order valence-corrected chi connectivity index (χ4v) is 2.74. The van der Waals surface area contributed by atoms with Crippen LogP contribution in [0.1, 0.15) is 15.9 Å². The fraction of sp³-hybridized carbons (Fsp3) is 0.0476. The SMILES string of the molecule is O=C(Nc1cccc(-c2nn[nH]n2)c1)c1ccc(F)c(COc2ccc(F)cc2)c1. The van der Waals surface area contributed by atoms with Crippen LogP contribution in [0.25, 0.3) is 11.4 Å². The summed E-state index contributed by atoms with van der Waals surface area (Å²) < 4.78 is 32.6. The Morgan fingerprint density at radius 1 is 1.03 bits per heavy atom. The van der Waals surface area contributed by atoms with E-state index >= 15 is 0 Å². The smallest absolute Gasteiger partial charge is 0.255 e. The van der Waals surface area contributed by atoms with Gasteiger partial charge in [-0.2, -0.15) is 5.21 Å². The van der Waals surface area contributed by atoms with Gasteiger partial charge in [0.15, 0.2) is 0 Å². The molecule has 0 atom stereocenters. The van der Waals surface area contributed by atoms with Crippen molar-refractivity contribution in [1.82, 2.24) is 20.6 Å². The third-order valence-electron chi connectivity index (χ3n) is 4.24. The van der Waals surface area contributed by atoms with Gasteiger partial charge in [-0.1, -0.05) is 12.1 Å². The van der Waals surface area contributed by atoms with Gasteiger partial charge < -0.3 is 10.1 Å². The molecule has 0 unspecified atom stereocenters. The minimum atomic E-state index is -0.507. The lowest BCUT2D eigenvalue weighted by molar-refractivity contribution is 0.102. The molecule has 7 nitrogen and oxygen atoms in total. The summed E-state index contributed by atoms with van der Waals surface area (Å²) in [6.07, 6.45) is 0. The first-order valence-corrected chi connectivity index (χ1v) is 8.90. The number of ether oxygens (including phenoxy) is 1. The molecule has 1 heterocycles. The minimum Gasteiger partial charge on any atom is -0.489 e. The van der Waals surface area contributed by atoms with Crippen molar-refractivity contribution in [2.45, 2.75) is 6.61 Å². The maximum absolute atomic E-state index is 14.1. The van der Waals surface area contributed by atoms with E-state index in [2.05, 4.69) is 25.9 Å². The quantitative estimate of drug-likeness (QED) is 0.504. The van der Waals surface area contributed by atoms with Gasteiger partial charge in [-0.15, -0.1) is 10.2 Å². The van der Waals surface area contributed by atoms with Crippen LogP contribution in [-0.4, -0.2) is 26.5 Å². The summed E-state index contributed by atoms with van der Waals surface area (Å²) in [6, 6.07) is 16.3. The van der Waals surface area contributed by atoms with Crippen LogP contribution in [0.5, 0.6) is 5.75 Å². The van der Waals surface area contributed by atoms with Crippen molar-refractivity contribution >= 4 is 11.6 Å². The number of aromatic amines is 1. The minimum absolute atomic E-state index is 0.105. The molecule has 1 amide bonds. The molecule has 3 aromatic carbocycles. The predicted octanol–water partition coefficient (Wildman–Crippen LogP) is 3.98. The molecular weight excluding hydrogens is 392 g/mol. The molecule has 0 bridgehead atoms. The highest BCUT2D eigenvalue weighted by atomic mass is 19.1. The maximum Gasteiger partial charge on any atom is 0.255 e. The number of H-pyrrole nitrogens is 1. The van der Waals surface area contributed by atoms with Gasteiger partial charge in [-0.05, 0) is 59.8 Å². The number of benzene rings is 3. The second kappa shape index (κ2) is 8.48. The first-order chi connectivity index (χ1) is 14.6. The Kier molecular flexibility index (Phi) is 5.42. The predicted molar refractivity (Wildman–Crippen MR) is 105 cm³/mol. The molecule has 0 saturated carbocycles. The summed E-state index contributed by atoms with van der Waals surface area (Å²) in [4.78, 5) is 12.6. The Morgan fingerprint density at radius 2 is 1.87 bits per heavy atom. The number of amides is 1. The molecule has 4 aromatic rings. The molecule has 9 heteroatoms. The van der Waals surface area contributed by atoms with E-state index in [0.29, 0.717) is 22.8 Å². The van der Waals surface area contributed by atoms with Crippen LogP contribution in [0.4, 0.5) is 14.5 Å². The van der Waals surface area contributed by atoms with E-state index in [1.54, 1.807) is 24.3 Å². The normalized spacial score (nSPS) is 10.6. The number of halogens is 2.